The summed E-state index contributed by atoms with van der Waals surface area (Å²) in [5, 5.41) is 8.80. The Kier molecular flexibility index (Phi) is 7.55. The number of alkyl halides is 1. The summed E-state index contributed by atoms with van der Waals surface area (Å²) < 4.78 is 32.2. The molecule has 4 rings (SSSR count). The molecule has 1 aliphatic heterocycles. The number of hydrogen-bond acceptors (Lipinski definition) is 7. The molecule has 4 heterocycles. The van der Waals surface area contributed by atoms with Crippen LogP contribution in [-0.2, 0) is 11.8 Å². The molecule has 3 aromatic rings. The molecule has 1 amide bonds. The Morgan fingerprint density at radius 1 is 1.40 bits per heavy atom. The number of nitrogens with zero attached hydrogens (tertiary/aromatic N) is 4. The van der Waals surface area contributed by atoms with Crippen molar-refractivity contribution in [3.63, 3.8) is 0 Å². The summed E-state index contributed by atoms with van der Waals surface area (Å²) in [4.78, 5) is 20.0. The molecule has 0 aromatic carbocycles. The van der Waals surface area contributed by atoms with Crippen LogP contribution >= 0.6 is 11.3 Å². The van der Waals surface area contributed by atoms with Gasteiger partial charge in [0.2, 0.25) is 0 Å². The van der Waals surface area contributed by atoms with Gasteiger partial charge in [-0.15, -0.1) is 11.3 Å². The van der Waals surface area contributed by atoms with Crippen molar-refractivity contribution in [2.24, 2.45) is 12.8 Å². The second-order valence-electron chi connectivity index (χ2n) is 6.68. The van der Waals surface area contributed by atoms with E-state index in [1.54, 1.807) is 29.5 Å². The van der Waals surface area contributed by atoms with E-state index in [1.807, 2.05) is 0 Å². The van der Waals surface area contributed by atoms with Crippen LogP contribution < -0.4 is 11.1 Å². The topological polar surface area (TPSA) is 108 Å². The maximum Gasteiger partial charge on any atom is 0.275 e. The monoisotopic (exact) mass is 436 g/mol. The smallest absolute Gasteiger partial charge is 0.275 e. The summed E-state index contributed by atoms with van der Waals surface area (Å²) in [5.74, 6) is -0.779. The molecule has 0 radical (unpaired) electrons. The van der Waals surface area contributed by atoms with Crippen molar-refractivity contribution in [1.29, 1.82) is 0 Å². The van der Waals surface area contributed by atoms with Crippen molar-refractivity contribution in [1.82, 2.24) is 19.7 Å². The van der Waals surface area contributed by atoms with E-state index in [-0.39, 0.29) is 24.2 Å². The van der Waals surface area contributed by atoms with Gasteiger partial charge in [-0.2, -0.15) is 5.10 Å². The number of hydrogen-bond donors (Lipinski definition) is 2. The van der Waals surface area contributed by atoms with E-state index >= 15 is 0 Å². The molecule has 0 spiro atoms. The van der Waals surface area contributed by atoms with Gasteiger partial charge >= 0.3 is 0 Å². The normalized spacial score (nSPS) is 18.8. The number of nitrogens with one attached hydrogen (secondary N) is 1. The van der Waals surface area contributed by atoms with Gasteiger partial charge in [-0.1, -0.05) is 0 Å². The second kappa shape index (κ2) is 10.3. The van der Waals surface area contributed by atoms with Crippen LogP contribution in [0.25, 0.3) is 10.6 Å². The Labute approximate surface area is 176 Å². The molecule has 30 heavy (non-hydrogen) atoms. The highest BCUT2D eigenvalue weighted by Crippen LogP contribution is 2.24. The van der Waals surface area contributed by atoms with E-state index < -0.39 is 12.0 Å². The summed E-state index contributed by atoms with van der Waals surface area (Å²) in [5.41, 5.74) is 6.82. The Morgan fingerprint density at radius 3 is 2.97 bits per heavy atom. The molecule has 11 heteroatoms. The molecule has 3 aromatic heterocycles. The minimum atomic E-state index is -0.951. The lowest BCUT2D eigenvalue weighted by Crippen LogP contribution is -2.32. The fraction of sp³-hybridized carbons (Fsp3) is 0.368. The number of rotatable bonds is 3. The number of anilines is 1. The van der Waals surface area contributed by atoms with E-state index in [1.165, 1.54) is 23.6 Å². The molecule has 1 fully saturated rings. The van der Waals surface area contributed by atoms with Crippen LogP contribution in [0.1, 0.15) is 23.3 Å². The average Bonchev–Trinajstić information content (AvgIpc) is 3.33. The number of ether oxygens (including phenoxy) is 1. The largest absolute Gasteiger partial charge is 0.378 e. The molecule has 1 saturated heterocycles. The van der Waals surface area contributed by atoms with Gasteiger partial charge in [0.05, 0.1) is 24.7 Å². The van der Waals surface area contributed by atoms with Gasteiger partial charge in [0, 0.05) is 43.0 Å². The minimum absolute atomic E-state index is 0.182. The third kappa shape index (κ3) is 6.12. The fourth-order valence-corrected chi connectivity index (χ4v) is 3.42. The second-order valence-corrected chi connectivity index (χ2v) is 7.54. The molecule has 0 bridgehead atoms. The lowest BCUT2D eigenvalue weighted by Gasteiger charge is -2.10. The summed E-state index contributed by atoms with van der Waals surface area (Å²) in [6.45, 7) is 0.843. The summed E-state index contributed by atoms with van der Waals surface area (Å²) >= 11 is 1.26. The predicted octanol–water partition coefficient (Wildman–Crippen LogP) is 2.79. The summed E-state index contributed by atoms with van der Waals surface area (Å²) in [6.07, 6.45) is 6.54. The first kappa shape index (κ1) is 21.9. The van der Waals surface area contributed by atoms with Crippen LogP contribution in [0.15, 0.2) is 36.2 Å². The Balaban J connectivity index is 0.000000239. The highest BCUT2D eigenvalue weighted by atomic mass is 32.1. The lowest BCUT2D eigenvalue weighted by atomic mass is 10.1. The zero-order chi connectivity index (χ0) is 21.5. The van der Waals surface area contributed by atoms with Crippen LogP contribution in [0.5, 0.6) is 0 Å². The maximum atomic E-state index is 13.1. The maximum absolute atomic E-state index is 13.1. The van der Waals surface area contributed by atoms with Crippen molar-refractivity contribution >= 4 is 22.9 Å². The van der Waals surface area contributed by atoms with Gasteiger partial charge in [-0.3, -0.25) is 14.5 Å². The SMILES string of the molecule is Cn1cc(NC(=O)c2csc(-c3cncc(F)c3)n2)cn1.NC1CCCOCC1F. The standard InChI is InChI=1S/C13H10FN5OS.C6H12FNO/c1-19-6-10(5-16-19)17-12(20)11-7-21-13(18-11)8-2-9(14)4-15-3-8;7-5-4-9-3-1-2-6(5)8/h2-7H,1H3,(H,17,20);5-6H,1-4,8H2. The van der Waals surface area contributed by atoms with Crippen molar-refractivity contribution in [3.8, 4) is 10.6 Å². The molecule has 0 aliphatic carbocycles. The molecule has 160 valence electrons. The van der Waals surface area contributed by atoms with Gasteiger partial charge in [0.1, 0.15) is 22.7 Å². The van der Waals surface area contributed by atoms with Crippen molar-refractivity contribution in [3.05, 3.63) is 47.7 Å². The van der Waals surface area contributed by atoms with E-state index in [9.17, 15) is 13.6 Å². The molecule has 0 saturated carbocycles. The number of thiazole rings is 1. The minimum Gasteiger partial charge on any atom is -0.378 e. The zero-order valence-corrected chi connectivity index (χ0v) is 17.1. The number of carbonyl (C=O) groups is 1. The Bertz CT molecular complexity index is 969. The van der Waals surface area contributed by atoms with Gasteiger partial charge in [-0.05, 0) is 18.9 Å². The number of amides is 1. The highest BCUT2D eigenvalue weighted by Gasteiger charge is 2.19. The number of aromatic nitrogens is 4. The molecule has 8 nitrogen and oxygen atoms in total. The van der Waals surface area contributed by atoms with Gasteiger partial charge in [-0.25, -0.2) is 13.8 Å². The number of carbonyl (C=O) groups excluding carboxylic acids is 1. The van der Waals surface area contributed by atoms with Crippen LogP contribution in [0.2, 0.25) is 0 Å². The van der Waals surface area contributed by atoms with Gasteiger partial charge < -0.3 is 15.8 Å². The fourth-order valence-electron chi connectivity index (χ4n) is 2.64. The first-order valence-corrected chi connectivity index (χ1v) is 10.1. The third-order valence-corrected chi connectivity index (χ3v) is 5.11. The van der Waals surface area contributed by atoms with Crippen molar-refractivity contribution in [2.75, 3.05) is 18.5 Å². The lowest BCUT2D eigenvalue weighted by molar-refractivity contribution is 0.0923. The van der Waals surface area contributed by atoms with Gasteiger partial charge in [0.15, 0.2) is 0 Å². The van der Waals surface area contributed by atoms with E-state index in [0.29, 0.717) is 22.9 Å². The molecular weight excluding hydrogens is 414 g/mol. The predicted molar refractivity (Wildman–Crippen MR) is 109 cm³/mol. The first-order valence-electron chi connectivity index (χ1n) is 9.26. The first-order chi connectivity index (χ1) is 14.4. The number of nitrogens with two attached hydrogens (primary N) is 1. The third-order valence-electron chi connectivity index (χ3n) is 4.22. The molecular formula is C19H22F2N6O2S. The molecule has 3 N–H and O–H groups in total. The van der Waals surface area contributed by atoms with Gasteiger partial charge in [0.25, 0.3) is 5.91 Å². The number of pyridine rings is 1. The molecule has 2 atom stereocenters. The van der Waals surface area contributed by atoms with E-state index in [2.05, 4.69) is 20.4 Å². The molecule has 2 unspecified atom stereocenters. The number of halogens is 2. The van der Waals surface area contributed by atoms with E-state index in [0.717, 1.165) is 19.0 Å². The quantitative estimate of drug-likeness (QED) is 0.654. The van der Waals surface area contributed by atoms with Crippen LogP contribution in [-0.4, -0.2) is 51.1 Å². The Hall–Kier alpha value is -2.76. The Morgan fingerprint density at radius 2 is 2.23 bits per heavy atom. The number of aryl methyl sites for hydroxylation is 1. The zero-order valence-electron chi connectivity index (χ0n) is 16.3. The summed E-state index contributed by atoms with van der Waals surface area (Å²) in [6, 6.07) is 1.03. The summed E-state index contributed by atoms with van der Waals surface area (Å²) in [7, 11) is 1.76. The van der Waals surface area contributed by atoms with Crippen LogP contribution in [0.3, 0.4) is 0 Å². The van der Waals surface area contributed by atoms with Crippen molar-refractivity contribution < 1.29 is 18.3 Å². The van der Waals surface area contributed by atoms with Crippen LogP contribution in [0, 0.1) is 5.82 Å². The van der Waals surface area contributed by atoms with Crippen molar-refractivity contribution in [2.45, 2.75) is 25.1 Å². The highest BCUT2D eigenvalue weighted by molar-refractivity contribution is 7.13. The van der Waals surface area contributed by atoms with Crippen LogP contribution in [0.4, 0.5) is 14.5 Å². The molecule has 1 aliphatic rings. The van der Waals surface area contributed by atoms with E-state index in [4.69, 9.17) is 10.5 Å². The average molecular weight is 436 g/mol.